The van der Waals surface area contributed by atoms with Gasteiger partial charge in [-0.05, 0) is 37.6 Å². The quantitative estimate of drug-likeness (QED) is 0.389. The first-order valence-electron chi connectivity index (χ1n) is 10.9. The Labute approximate surface area is 196 Å². The van der Waals surface area contributed by atoms with E-state index in [1.165, 1.54) is 6.07 Å². The number of aromatic nitrogens is 4. The Bertz CT molecular complexity index is 1460. The van der Waals surface area contributed by atoms with Crippen molar-refractivity contribution in [3.8, 4) is 22.5 Å². The molecule has 0 aliphatic heterocycles. The fourth-order valence-electron chi connectivity index (χ4n) is 3.84. The third kappa shape index (κ3) is 4.15. The lowest BCUT2D eigenvalue weighted by atomic mass is 10.0. The third-order valence-electron chi connectivity index (χ3n) is 5.70. The Kier molecular flexibility index (Phi) is 5.59. The van der Waals surface area contributed by atoms with E-state index in [0.29, 0.717) is 22.7 Å². The first-order valence-corrected chi connectivity index (χ1v) is 10.9. The molecule has 7 heteroatoms. The number of fused-ring (bicyclic) bond motifs is 1. The van der Waals surface area contributed by atoms with Gasteiger partial charge in [0.05, 0.1) is 23.5 Å². The fraction of sp³-hybridized carbons (Fsp3) is 0.111. The molecule has 3 heterocycles. The predicted octanol–water partition coefficient (Wildman–Crippen LogP) is 5.40. The molecule has 0 spiro atoms. The minimum Gasteiger partial charge on any atom is -0.344 e. The summed E-state index contributed by atoms with van der Waals surface area (Å²) in [5.74, 6) is -0.0509. The molecule has 0 fully saturated rings. The standard InChI is InChI=1S/C27H22FN5O/c1-17-8-10-19(11-9-17)23-14-21(27(34)30-18(2)24-13-12-22(28)15-29-24)16-33-25(31-32-26(23)33)20-6-4-3-5-7-20/h3-16,18H,1-2H3,(H,30,34)/t18-/m1/s1. The Balaban J connectivity index is 1.60. The number of hydrogen-bond acceptors (Lipinski definition) is 4. The van der Waals surface area contributed by atoms with E-state index in [1.54, 1.807) is 12.3 Å². The number of carbonyl (C=O) groups excluding carboxylic acids is 1. The fourth-order valence-corrected chi connectivity index (χ4v) is 3.84. The average molecular weight is 452 g/mol. The lowest BCUT2D eigenvalue weighted by Gasteiger charge is -2.15. The predicted molar refractivity (Wildman–Crippen MR) is 129 cm³/mol. The van der Waals surface area contributed by atoms with Crippen LogP contribution in [0.4, 0.5) is 4.39 Å². The Morgan fingerprint density at radius 2 is 1.74 bits per heavy atom. The highest BCUT2D eigenvalue weighted by atomic mass is 19.1. The second-order valence-electron chi connectivity index (χ2n) is 8.19. The van der Waals surface area contributed by atoms with Crippen LogP contribution in [0.5, 0.6) is 0 Å². The van der Waals surface area contributed by atoms with E-state index < -0.39 is 11.9 Å². The van der Waals surface area contributed by atoms with E-state index in [9.17, 15) is 9.18 Å². The summed E-state index contributed by atoms with van der Waals surface area (Å²) in [5.41, 5.74) is 5.46. The molecule has 0 saturated carbocycles. The molecule has 1 N–H and O–H groups in total. The molecule has 1 amide bonds. The molecule has 0 bridgehead atoms. The average Bonchev–Trinajstić information content (AvgIpc) is 3.29. The van der Waals surface area contributed by atoms with Crippen molar-refractivity contribution in [2.24, 2.45) is 0 Å². The van der Waals surface area contributed by atoms with Crippen LogP contribution in [0.1, 0.15) is 34.6 Å². The number of hydrogen-bond donors (Lipinski definition) is 1. The molecule has 0 saturated heterocycles. The van der Waals surface area contributed by atoms with Gasteiger partial charge in [-0.1, -0.05) is 60.2 Å². The summed E-state index contributed by atoms with van der Waals surface area (Å²) in [6, 6.07) is 22.1. The number of benzene rings is 2. The molecule has 6 nitrogen and oxygen atoms in total. The largest absolute Gasteiger partial charge is 0.344 e. The zero-order valence-corrected chi connectivity index (χ0v) is 18.7. The number of halogens is 1. The van der Waals surface area contributed by atoms with Crippen LogP contribution >= 0.6 is 0 Å². The van der Waals surface area contributed by atoms with E-state index >= 15 is 0 Å². The normalized spacial score (nSPS) is 12.0. The van der Waals surface area contributed by atoms with Crippen molar-refractivity contribution in [1.29, 1.82) is 0 Å². The summed E-state index contributed by atoms with van der Waals surface area (Å²) in [6.45, 7) is 3.84. The summed E-state index contributed by atoms with van der Waals surface area (Å²) in [7, 11) is 0. The summed E-state index contributed by atoms with van der Waals surface area (Å²) in [6.07, 6.45) is 2.89. The molecule has 5 aromatic rings. The van der Waals surface area contributed by atoms with Gasteiger partial charge in [-0.25, -0.2) is 4.39 Å². The first-order chi connectivity index (χ1) is 16.5. The van der Waals surface area contributed by atoms with Gasteiger partial charge in [-0.2, -0.15) is 0 Å². The van der Waals surface area contributed by atoms with E-state index in [0.717, 1.165) is 28.5 Å². The summed E-state index contributed by atoms with van der Waals surface area (Å²) < 4.78 is 15.1. The Morgan fingerprint density at radius 3 is 2.44 bits per heavy atom. The molecule has 0 unspecified atom stereocenters. The van der Waals surface area contributed by atoms with Gasteiger partial charge in [0, 0.05) is 17.3 Å². The van der Waals surface area contributed by atoms with E-state index in [-0.39, 0.29) is 5.91 Å². The minimum absolute atomic E-state index is 0.276. The van der Waals surface area contributed by atoms with Crippen LogP contribution in [-0.2, 0) is 0 Å². The maximum atomic E-state index is 13.3. The van der Waals surface area contributed by atoms with Gasteiger partial charge in [-0.3, -0.25) is 14.2 Å². The summed E-state index contributed by atoms with van der Waals surface area (Å²) in [4.78, 5) is 17.4. The molecule has 5 rings (SSSR count). The number of aryl methyl sites for hydroxylation is 1. The van der Waals surface area contributed by atoms with Crippen LogP contribution < -0.4 is 5.32 Å². The molecular weight excluding hydrogens is 429 g/mol. The molecule has 1 atom stereocenters. The van der Waals surface area contributed by atoms with Crippen molar-refractivity contribution in [2.75, 3.05) is 0 Å². The van der Waals surface area contributed by atoms with Crippen LogP contribution in [0.2, 0.25) is 0 Å². The van der Waals surface area contributed by atoms with Gasteiger partial charge < -0.3 is 5.32 Å². The Morgan fingerprint density at radius 1 is 0.971 bits per heavy atom. The number of pyridine rings is 2. The van der Waals surface area contributed by atoms with Crippen LogP contribution in [0.25, 0.3) is 28.2 Å². The van der Waals surface area contributed by atoms with E-state index in [4.69, 9.17) is 0 Å². The number of nitrogens with zero attached hydrogens (tertiary/aromatic N) is 4. The summed E-state index contributed by atoms with van der Waals surface area (Å²) in [5, 5.41) is 11.8. The van der Waals surface area contributed by atoms with Crippen molar-refractivity contribution < 1.29 is 9.18 Å². The van der Waals surface area contributed by atoms with Crippen molar-refractivity contribution in [3.05, 3.63) is 108 Å². The highest BCUT2D eigenvalue weighted by molar-refractivity contribution is 5.97. The zero-order chi connectivity index (χ0) is 23.7. The highest BCUT2D eigenvalue weighted by Crippen LogP contribution is 2.29. The lowest BCUT2D eigenvalue weighted by Crippen LogP contribution is -2.27. The number of carbonyl (C=O) groups is 1. The van der Waals surface area contributed by atoms with Crippen molar-refractivity contribution in [1.82, 2.24) is 24.9 Å². The molecule has 0 radical (unpaired) electrons. The van der Waals surface area contributed by atoms with Gasteiger partial charge in [0.1, 0.15) is 5.82 Å². The lowest BCUT2D eigenvalue weighted by molar-refractivity contribution is 0.0938. The first kappa shape index (κ1) is 21.5. The maximum absolute atomic E-state index is 13.3. The molecular formula is C27H22FN5O. The van der Waals surface area contributed by atoms with Gasteiger partial charge in [0.25, 0.3) is 5.91 Å². The zero-order valence-electron chi connectivity index (χ0n) is 18.7. The van der Waals surface area contributed by atoms with Gasteiger partial charge in [-0.15, -0.1) is 10.2 Å². The van der Waals surface area contributed by atoms with E-state index in [2.05, 4.69) is 20.5 Å². The van der Waals surface area contributed by atoms with Crippen LogP contribution in [0, 0.1) is 12.7 Å². The van der Waals surface area contributed by atoms with Crippen LogP contribution in [0.15, 0.2) is 85.2 Å². The second-order valence-corrected chi connectivity index (χ2v) is 8.19. The molecule has 168 valence electrons. The smallest absolute Gasteiger partial charge is 0.253 e. The SMILES string of the molecule is Cc1ccc(-c2cc(C(=O)N[C@H](C)c3ccc(F)cn3)cn3c(-c4ccccc4)nnc23)cc1. The molecule has 0 aliphatic carbocycles. The van der Waals surface area contributed by atoms with Crippen LogP contribution in [0.3, 0.4) is 0 Å². The number of nitrogens with one attached hydrogen (secondary N) is 1. The minimum atomic E-state index is -0.420. The topological polar surface area (TPSA) is 72.2 Å². The van der Waals surface area contributed by atoms with Crippen molar-refractivity contribution in [2.45, 2.75) is 19.9 Å². The van der Waals surface area contributed by atoms with Gasteiger partial charge in [0.15, 0.2) is 11.5 Å². The van der Waals surface area contributed by atoms with Gasteiger partial charge >= 0.3 is 0 Å². The molecule has 34 heavy (non-hydrogen) atoms. The van der Waals surface area contributed by atoms with Crippen molar-refractivity contribution >= 4 is 11.6 Å². The maximum Gasteiger partial charge on any atom is 0.253 e. The molecule has 0 aliphatic rings. The Hall–Kier alpha value is -4.39. The van der Waals surface area contributed by atoms with Gasteiger partial charge in [0.2, 0.25) is 0 Å². The highest BCUT2D eigenvalue weighted by Gasteiger charge is 2.19. The second kappa shape index (κ2) is 8.86. The third-order valence-corrected chi connectivity index (χ3v) is 5.70. The monoisotopic (exact) mass is 451 g/mol. The van der Waals surface area contributed by atoms with E-state index in [1.807, 2.05) is 78.9 Å². The molecule has 3 aromatic heterocycles. The molecule has 2 aromatic carbocycles. The van der Waals surface area contributed by atoms with Crippen LogP contribution in [-0.4, -0.2) is 25.5 Å². The number of rotatable bonds is 5. The number of amides is 1. The summed E-state index contributed by atoms with van der Waals surface area (Å²) >= 11 is 0. The van der Waals surface area contributed by atoms with Crippen molar-refractivity contribution in [3.63, 3.8) is 0 Å².